The molecule has 5 rings (SSSR count). The molecular weight excluding hydrogens is 574 g/mol. The molecule has 2 aliphatic carbocycles. The van der Waals surface area contributed by atoms with Crippen LogP contribution in [0.4, 0.5) is 11.4 Å². The first-order valence-electron chi connectivity index (χ1n) is 18.0. The quantitative estimate of drug-likeness (QED) is 0.175. The molecule has 47 heavy (non-hydrogen) atoms. The Hall–Kier alpha value is -3.70. The van der Waals surface area contributed by atoms with Gasteiger partial charge in [0, 0.05) is 42.6 Å². The fourth-order valence-electron chi connectivity index (χ4n) is 6.23. The lowest BCUT2D eigenvalue weighted by atomic mass is 9.92. The summed E-state index contributed by atoms with van der Waals surface area (Å²) in [7, 11) is 0. The Labute approximate surface area is 285 Å². The highest BCUT2D eigenvalue weighted by atomic mass is 15.1. The van der Waals surface area contributed by atoms with Gasteiger partial charge in [-0.1, -0.05) is 82.3 Å². The van der Waals surface area contributed by atoms with Crippen molar-refractivity contribution in [3.8, 4) is 0 Å². The number of quaternary nitrogens is 1. The molecule has 2 atom stereocenters. The highest BCUT2D eigenvalue weighted by molar-refractivity contribution is 5.75. The number of anilines is 1. The van der Waals surface area contributed by atoms with E-state index >= 15 is 0 Å². The van der Waals surface area contributed by atoms with Gasteiger partial charge in [0.25, 0.3) is 0 Å². The molecule has 2 aromatic carbocycles. The molecule has 0 fully saturated rings. The molecule has 252 valence electrons. The van der Waals surface area contributed by atoms with E-state index in [2.05, 4.69) is 130 Å². The zero-order chi connectivity index (χ0) is 33.8. The summed E-state index contributed by atoms with van der Waals surface area (Å²) in [4.78, 5) is 11.7. The highest BCUT2D eigenvalue weighted by Crippen LogP contribution is 2.32. The molecule has 1 aromatic heterocycles. The fourth-order valence-corrected chi connectivity index (χ4v) is 6.23. The van der Waals surface area contributed by atoms with Gasteiger partial charge >= 0.3 is 0 Å². The summed E-state index contributed by atoms with van der Waals surface area (Å²) >= 11 is 0. The van der Waals surface area contributed by atoms with E-state index in [9.17, 15) is 0 Å². The van der Waals surface area contributed by atoms with Gasteiger partial charge in [-0.05, 0) is 117 Å². The summed E-state index contributed by atoms with van der Waals surface area (Å²) in [6.07, 6.45) is 14.1. The standard InChI is InChI=1S/C29H44N4.C13H15N/c1-21(2)14-16-33(17-15-26-10-8-22(3)9-11-26)29-13-12-27(18-28(29)31-7)25(6)32-20-24(5)23(4)19-30;1-3-7-12-10(5-1)9-11-6-2-4-8-13(11)14-12/h8-13,18,21,23-24,32H,6-7,14-17,19-20,30H2,1-5H3;1,5,9H,2-4,6-8H2/p+1. The van der Waals surface area contributed by atoms with Crippen LogP contribution in [0, 0.1) is 24.7 Å². The van der Waals surface area contributed by atoms with Crippen LogP contribution in [0.25, 0.3) is 11.8 Å². The largest absolute Gasteiger partial charge is 0.385 e. The first-order chi connectivity index (χ1) is 22.7. The van der Waals surface area contributed by atoms with Crippen molar-refractivity contribution in [3.63, 3.8) is 0 Å². The Kier molecular flexibility index (Phi) is 13.8. The predicted octanol–water partition coefficient (Wildman–Crippen LogP) is 8.42. The molecule has 4 N–H and O–H groups in total. The van der Waals surface area contributed by atoms with E-state index in [1.54, 1.807) is 0 Å². The van der Waals surface area contributed by atoms with E-state index in [1.165, 1.54) is 65.7 Å². The lowest BCUT2D eigenvalue weighted by molar-refractivity contribution is -0.380. The van der Waals surface area contributed by atoms with Crippen LogP contribution in [0.5, 0.6) is 0 Å². The number of aromatic nitrogens is 1. The van der Waals surface area contributed by atoms with E-state index in [-0.39, 0.29) is 0 Å². The lowest BCUT2D eigenvalue weighted by Crippen LogP contribution is -2.54. The molecule has 0 bridgehead atoms. The number of aliphatic imine (C=N–C) groups is 1. The molecule has 5 nitrogen and oxygen atoms in total. The molecule has 0 aliphatic heterocycles. The molecule has 0 radical (unpaired) electrons. The van der Waals surface area contributed by atoms with Crippen LogP contribution < -0.4 is 16.0 Å². The second-order valence-corrected chi connectivity index (χ2v) is 14.1. The van der Waals surface area contributed by atoms with Gasteiger partial charge < -0.3 is 16.0 Å². The van der Waals surface area contributed by atoms with E-state index < -0.39 is 0 Å². The molecule has 3 aromatic rings. The van der Waals surface area contributed by atoms with E-state index in [4.69, 9.17) is 4.98 Å². The summed E-state index contributed by atoms with van der Waals surface area (Å²) in [6, 6.07) is 17.7. The number of hydrogen-bond acceptors (Lipinski definition) is 4. The van der Waals surface area contributed by atoms with Crippen molar-refractivity contribution in [2.24, 2.45) is 22.7 Å². The Morgan fingerprint density at radius 2 is 1.72 bits per heavy atom. The van der Waals surface area contributed by atoms with Crippen molar-refractivity contribution < 1.29 is 5.73 Å². The van der Waals surface area contributed by atoms with Gasteiger partial charge in [-0.2, -0.15) is 0 Å². The zero-order valence-corrected chi connectivity index (χ0v) is 30.0. The molecule has 2 aliphatic rings. The molecule has 2 unspecified atom stereocenters. The summed E-state index contributed by atoms with van der Waals surface area (Å²) in [5.74, 6) is 1.78. The monoisotopic (exact) mass is 634 g/mol. The van der Waals surface area contributed by atoms with Crippen molar-refractivity contribution in [1.29, 1.82) is 0 Å². The van der Waals surface area contributed by atoms with Crippen LogP contribution in [0.3, 0.4) is 0 Å². The smallest absolute Gasteiger partial charge is 0.0862 e. The maximum Gasteiger partial charge on any atom is 0.0862 e. The number of rotatable bonds is 14. The van der Waals surface area contributed by atoms with Crippen molar-refractivity contribution >= 4 is 29.9 Å². The number of allylic oxidation sites excluding steroid dienone is 1. The van der Waals surface area contributed by atoms with Crippen LogP contribution in [0.15, 0.2) is 66.2 Å². The number of fused-ring (bicyclic) bond motifs is 2. The van der Waals surface area contributed by atoms with Gasteiger partial charge in [0.15, 0.2) is 0 Å². The maximum absolute atomic E-state index is 4.80. The Bertz CT molecular complexity index is 1490. The third-order valence-electron chi connectivity index (χ3n) is 9.92. The molecule has 1 heterocycles. The number of aryl methyl sites for hydroxylation is 4. The molecule has 0 saturated carbocycles. The van der Waals surface area contributed by atoms with Crippen LogP contribution in [0.1, 0.15) is 92.6 Å². The molecule has 0 saturated heterocycles. The number of pyridine rings is 1. The highest BCUT2D eigenvalue weighted by Gasteiger charge is 2.17. The van der Waals surface area contributed by atoms with Crippen LogP contribution in [-0.4, -0.2) is 37.9 Å². The van der Waals surface area contributed by atoms with Crippen molar-refractivity contribution in [1.82, 2.24) is 10.3 Å². The first-order valence-corrected chi connectivity index (χ1v) is 18.0. The zero-order valence-electron chi connectivity index (χ0n) is 30.0. The average Bonchev–Trinajstić information content (AvgIpc) is 3.09. The van der Waals surface area contributed by atoms with Gasteiger partial charge in [0.05, 0.1) is 17.9 Å². The normalized spacial score (nSPS) is 14.7. The number of nitrogens with zero attached hydrogens (tertiary/aromatic N) is 3. The summed E-state index contributed by atoms with van der Waals surface area (Å²) in [5.41, 5.74) is 16.3. The number of hydrogen-bond donors (Lipinski definition) is 2. The Morgan fingerprint density at radius 1 is 0.957 bits per heavy atom. The van der Waals surface area contributed by atoms with Gasteiger partial charge in [-0.3, -0.25) is 9.98 Å². The Balaban J connectivity index is 0.000000291. The molecule has 5 heteroatoms. The lowest BCUT2D eigenvalue weighted by Gasteiger charge is -2.28. The second-order valence-electron chi connectivity index (χ2n) is 14.1. The molecular formula is C42H60N5+. The second kappa shape index (κ2) is 18.0. The summed E-state index contributed by atoms with van der Waals surface area (Å²) < 4.78 is 0. The van der Waals surface area contributed by atoms with Gasteiger partial charge in [0.1, 0.15) is 0 Å². The van der Waals surface area contributed by atoms with Crippen LogP contribution in [0.2, 0.25) is 0 Å². The average molecular weight is 635 g/mol. The summed E-state index contributed by atoms with van der Waals surface area (Å²) in [6.45, 7) is 23.1. The minimum atomic E-state index is 0.545. The van der Waals surface area contributed by atoms with E-state index in [1.807, 2.05) is 0 Å². The van der Waals surface area contributed by atoms with Gasteiger partial charge in [-0.15, -0.1) is 0 Å². The van der Waals surface area contributed by atoms with E-state index in [0.29, 0.717) is 17.8 Å². The van der Waals surface area contributed by atoms with Gasteiger partial charge in [0.2, 0.25) is 0 Å². The maximum atomic E-state index is 4.80. The SMILES string of the molecule is C1=Cc2cc3c(nc2CC1)CCCC3.C=Nc1cc(C(=C)NCC(C)C(C)C[NH3+])ccc1N(CCc1ccc(C)cc1)CCC(C)C. The third-order valence-corrected chi connectivity index (χ3v) is 9.92. The third kappa shape index (κ3) is 10.7. The van der Waals surface area contributed by atoms with Crippen molar-refractivity contribution in [2.75, 3.05) is 31.1 Å². The van der Waals surface area contributed by atoms with Crippen LogP contribution in [-0.2, 0) is 25.7 Å². The topological polar surface area (TPSA) is 68.2 Å². The fraction of sp³-hybridized carbons (Fsp3) is 0.476. The van der Waals surface area contributed by atoms with Crippen molar-refractivity contribution in [3.05, 3.63) is 100 Å². The minimum absolute atomic E-state index is 0.545. The minimum Gasteiger partial charge on any atom is -0.385 e. The van der Waals surface area contributed by atoms with Gasteiger partial charge in [-0.25, -0.2) is 0 Å². The summed E-state index contributed by atoms with van der Waals surface area (Å²) in [5, 5.41) is 3.51. The predicted molar refractivity (Wildman–Crippen MR) is 204 cm³/mol. The van der Waals surface area contributed by atoms with Crippen molar-refractivity contribution in [2.45, 2.75) is 86.0 Å². The Morgan fingerprint density at radius 3 is 2.45 bits per heavy atom. The van der Waals surface area contributed by atoms with Crippen LogP contribution >= 0.6 is 0 Å². The number of benzene rings is 2. The first kappa shape index (κ1) is 36.1. The molecule has 0 spiro atoms. The molecule has 0 amide bonds. The number of nitrogens with one attached hydrogen (secondary N) is 1. The van der Waals surface area contributed by atoms with E-state index in [0.717, 1.165) is 68.1 Å².